The SMILES string of the molecule is CC(C)C(C(=O)O)[S+]([O-])CCCF. The number of aliphatic carboxylic acids is 1. The first kappa shape index (κ1) is 12.7. The van der Waals surface area contributed by atoms with Crippen molar-refractivity contribution in [3.8, 4) is 0 Å². The number of alkyl halides is 1. The maximum Gasteiger partial charge on any atom is 0.357 e. The highest BCUT2D eigenvalue weighted by molar-refractivity contribution is 7.92. The van der Waals surface area contributed by atoms with Gasteiger partial charge in [0.25, 0.3) is 0 Å². The fraction of sp³-hybridized carbons (Fsp3) is 0.875. The highest BCUT2D eigenvalue weighted by atomic mass is 32.2. The van der Waals surface area contributed by atoms with Crippen molar-refractivity contribution in [3.05, 3.63) is 0 Å². The summed E-state index contributed by atoms with van der Waals surface area (Å²) in [5.74, 6) is -1.11. The van der Waals surface area contributed by atoms with E-state index in [2.05, 4.69) is 0 Å². The molecule has 0 rings (SSSR count). The quantitative estimate of drug-likeness (QED) is 0.670. The second-order valence-corrected chi connectivity index (χ2v) is 4.81. The fourth-order valence-electron chi connectivity index (χ4n) is 1.02. The number of halogens is 1. The molecule has 3 nitrogen and oxygen atoms in total. The van der Waals surface area contributed by atoms with Crippen molar-refractivity contribution >= 4 is 17.1 Å². The Balaban J connectivity index is 4.12. The van der Waals surface area contributed by atoms with Gasteiger partial charge >= 0.3 is 5.97 Å². The molecule has 0 fully saturated rings. The van der Waals surface area contributed by atoms with Crippen molar-refractivity contribution < 1.29 is 18.8 Å². The second kappa shape index (κ2) is 6.21. The van der Waals surface area contributed by atoms with Crippen LogP contribution in [0.2, 0.25) is 0 Å². The number of rotatable bonds is 6. The van der Waals surface area contributed by atoms with Crippen LogP contribution in [0, 0.1) is 5.92 Å². The van der Waals surface area contributed by atoms with E-state index < -0.39 is 29.1 Å². The van der Waals surface area contributed by atoms with E-state index in [9.17, 15) is 13.7 Å². The van der Waals surface area contributed by atoms with Gasteiger partial charge in [-0.2, -0.15) is 0 Å². The molecule has 0 aromatic carbocycles. The van der Waals surface area contributed by atoms with Gasteiger partial charge in [-0.1, -0.05) is 13.8 Å². The maximum atomic E-state index is 11.7. The standard InChI is InChI=1S/C8H15FO3S/c1-6(2)7(8(10)11)13(12)5-3-4-9/h6-7H,3-5H2,1-2H3,(H,10,11). The Hall–Kier alpha value is -0.290. The summed E-state index contributed by atoms with van der Waals surface area (Å²) in [6.45, 7) is 2.86. The third-order valence-electron chi connectivity index (χ3n) is 1.61. The third-order valence-corrected chi connectivity index (χ3v) is 3.61. The van der Waals surface area contributed by atoms with Crippen molar-refractivity contribution in [1.82, 2.24) is 0 Å². The molecule has 2 unspecified atom stereocenters. The van der Waals surface area contributed by atoms with E-state index in [1.807, 2.05) is 0 Å². The summed E-state index contributed by atoms with van der Waals surface area (Å²) in [5.41, 5.74) is 0. The molecule has 78 valence electrons. The van der Waals surface area contributed by atoms with Gasteiger partial charge in [0.2, 0.25) is 5.25 Å². The van der Waals surface area contributed by atoms with E-state index in [4.69, 9.17) is 5.11 Å². The molecule has 13 heavy (non-hydrogen) atoms. The van der Waals surface area contributed by atoms with Crippen LogP contribution in [-0.2, 0) is 16.0 Å². The number of hydrogen-bond acceptors (Lipinski definition) is 2. The summed E-state index contributed by atoms with van der Waals surface area (Å²) in [6.07, 6.45) is 0.170. The third kappa shape index (κ3) is 4.47. The van der Waals surface area contributed by atoms with Crippen LogP contribution in [0.5, 0.6) is 0 Å². The molecule has 0 aromatic heterocycles. The van der Waals surface area contributed by atoms with Gasteiger partial charge in [0.15, 0.2) is 0 Å². The van der Waals surface area contributed by atoms with E-state index >= 15 is 0 Å². The molecular weight excluding hydrogens is 195 g/mol. The molecule has 0 aliphatic carbocycles. The van der Waals surface area contributed by atoms with E-state index in [0.717, 1.165) is 0 Å². The summed E-state index contributed by atoms with van der Waals surface area (Å²) in [7, 11) is 0. The van der Waals surface area contributed by atoms with Crippen LogP contribution in [0.3, 0.4) is 0 Å². The van der Waals surface area contributed by atoms with Crippen LogP contribution in [0.15, 0.2) is 0 Å². The molecule has 0 aliphatic heterocycles. The fourth-order valence-corrected chi connectivity index (χ4v) is 2.50. The van der Waals surface area contributed by atoms with Crippen molar-refractivity contribution in [2.75, 3.05) is 12.4 Å². The normalized spacial score (nSPS) is 15.8. The topological polar surface area (TPSA) is 60.4 Å². The lowest BCUT2D eigenvalue weighted by Crippen LogP contribution is -2.36. The Morgan fingerprint density at radius 2 is 2.15 bits per heavy atom. The minimum Gasteiger partial charge on any atom is -0.616 e. The van der Waals surface area contributed by atoms with Crippen LogP contribution < -0.4 is 0 Å². The Morgan fingerprint density at radius 3 is 2.46 bits per heavy atom. The van der Waals surface area contributed by atoms with Gasteiger partial charge in [0.1, 0.15) is 5.75 Å². The van der Waals surface area contributed by atoms with Gasteiger partial charge in [-0.15, -0.1) is 0 Å². The zero-order valence-corrected chi connectivity index (χ0v) is 8.64. The number of carboxylic acid groups (broad SMARTS) is 1. The molecule has 1 N–H and O–H groups in total. The Morgan fingerprint density at radius 1 is 1.62 bits per heavy atom. The molecule has 0 spiro atoms. The monoisotopic (exact) mass is 210 g/mol. The zero-order valence-electron chi connectivity index (χ0n) is 7.83. The predicted molar refractivity (Wildman–Crippen MR) is 49.9 cm³/mol. The first-order valence-corrected chi connectivity index (χ1v) is 5.54. The second-order valence-electron chi connectivity index (χ2n) is 3.13. The Labute approximate surface area is 80.5 Å². The molecule has 0 aromatic rings. The highest BCUT2D eigenvalue weighted by Gasteiger charge is 2.32. The van der Waals surface area contributed by atoms with Gasteiger partial charge in [0, 0.05) is 12.3 Å². The summed E-state index contributed by atoms with van der Waals surface area (Å²) in [5, 5.41) is 7.86. The average Bonchev–Trinajstić information content (AvgIpc) is 1.99. The lowest BCUT2D eigenvalue weighted by molar-refractivity contribution is -0.137. The summed E-state index contributed by atoms with van der Waals surface area (Å²) in [4.78, 5) is 10.7. The van der Waals surface area contributed by atoms with E-state index in [1.54, 1.807) is 13.8 Å². The molecule has 0 saturated heterocycles. The van der Waals surface area contributed by atoms with Gasteiger partial charge in [0.05, 0.1) is 6.67 Å². The van der Waals surface area contributed by atoms with E-state index in [-0.39, 0.29) is 18.1 Å². The molecule has 5 heteroatoms. The van der Waals surface area contributed by atoms with Gasteiger partial charge in [-0.05, 0) is 11.2 Å². The molecule has 0 aliphatic rings. The lowest BCUT2D eigenvalue weighted by Gasteiger charge is -2.20. The average molecular weight is 210 g/mol. The highest BCUT2D eigenvalue weighted by Crippen LogP contribution is 2.14. The molecule has 0 saturated carbocycles. The minimum absolute atomic E-state index is 0.131. The van der Waals surface area contributed by atoms with Crippen LogP contribution in [0.1, 0.15) is 20.3 Å². The van der Waals surface area contributed by atoms with Crippen molar-refractivity contribution in [3.63, 3.8) is 0 Å². The Bertz CT molecular complexity index is 163. The molecule has 0 heterocycles. The summed E-state index contributed by atoms with van der Waals surface area (Å²) >= 11 is -1.46. The van der Waals surface area contributed by atoms with E-state index in [1.165, 1.54) is 0 Å². The first-order valence-electron chi connectivity index (χ1n) is 4.16. The lowest BCUT2D eigenvalue weighted by atomic mass is 10.1. The number of hydrogen-bond donors (Lipinski definition) is 1. The van der Waals surface area contributed by atoms with Crippen molar-refractivity contribution in [2.45, 2.75) is 25.5 Å². The minimum atomic E-state index is -1.46. The molecular formula is C8H15FO3S. The van der Waals surface area contributed by atoms with Gasteiger partial charge in [-0.25, -0.2) is 4.79 Å². The number of carbonyl (C=O) groups is 1. The van der Waals surface area contributed by atoms with Crippen LogP contribution in [-0.4, -0.2) is 33.3 Å². The summed E-state index contributed by atoms with van der Waals surface area (Å²) in [6, 6.07) is 0. The maximum absolute atomic E-state index is 11.7. The smallest absolute Gasteiger partial charge is 0.357 e. The Kier molecular flexibility index (Phi) is 6.07. The molecule has 0 radical (unpaired) electrons. The van der Waals surface area contributed by atoms with Crippen molar-refractivity contribution in [2.24, 2.45) is 5.92 Å². The van der Waals surface area contributed by atoms with Crippen LogP contribution in [0.25, 0.3) is 0 Å². The van der Waals surface area contributed by atoms with E-state index in [0.29, 0.717) is 0 Å². The summed E-state index contributed by atoms with van der Waals surface area (Å²) < 4.78 is 23.1. The predicted octanol–water partition coefficient (Wildman–Crippen LogP) is 1.20. The molecule has 2 atom stereocenters. The largest absolute Gasteiger partial charge is 0.616 e. The van der Waals surface area contributed by atoms with Gasteiger partial charge in [-0.3, -0.25) is 4.39 Å². The number of carboxylic acids is 1. The van der Waals surface area contributed by atoms with Crippen molar-refractivity contribution in [1.29, 1.82) is 0 Å². The molecule has 0 bridgehead atoms. The van der Waals surface area contributed by atoms with Crippen LogP contribution in [0.4, 0.5) is 4.39 Å². The first-order chi connectivity index (χ1) is 6.00. The molecule has 0 amide bonds. The zero-order chi connectivity index (χ0) is 10.4. The van der Waals surface area contributed by atoms with Gasteiger partial charge < -0.3 is 9.66 Å². The van der Waals surface area contributed by atoms with Crippen LogP contribution >= 0.6 is 0 Å².